The minimum atomic E-state index is -0.350. The van der Waals surface area contributed by atoms with Crippen LogP contribution in [0.25, 0.3) is 0 Å². The zero-order valence-electron chi connectivity index (χ0n) is 12.7. The maximum atomic E-state index is 12.9. The lowest BCUT2D eigenvalue weighted by Crippen LogP contribution is -2.13. The third kappa shape index (κ3) is 3.12. The van der Waals surface area contributed by atoms with Gasteiger partial charge in [0, 0.05) is 11.3 Å². The Hall–Kier alpha value is -2.17. The third-order valence-corrected chi connectivity index (χ3v) is 3.67. The van der Waals surface area contributed by atoms with Crippen LogP contribution in [0.4, 0.5) is 4.39 Å². The molecule has 1 unspecified atom stereocenters. The van der Waals surface area contributed by atoms with E-state index in [0.717, 1.165) is 22.5 Å². The summed E-state index contributed by atoms with van der Waals surface area (Å²) in [6.07, 6.45) is 0. The Morgan fingerprint density at radius 1 is 1.33 bits per heavy atom. The number of methoxy groups -OCH3 is 1. The van der Waals surface area contributed by atoms with E-state index in [1.165, 1.54) is 19.2 Å². The van der Waals surface area contributed by atoms with Gasteiger partial charge in [-0.2, -0.15) is 5.10 Å². The predicted molar refractivity (Wildman–Crippen MR) is 77.6 cm³/mol. The van der Waals surface area contributed by atoms with Crippen LogP contribution in [-0.4, -0.2) is 22.9 Å². The summed E-state index contributed by atoms with van der Waals surface area (Å²) in [5, 5.41) is 4.48. The second kappa shape index (κ2) is 6.08. The molecule has 1 atom stereocenters. The number of ether oxygens (including phenoxy) is 1. The molecule has 0 amide bonds. The van der Waals surface area contributed by atoms with Crippen LogP contribution >= 0.6 is 0 Å². The fourth-order valence-corrected chi connectivity index (χ4v) is 2.55. The summed E-state index contributed by atoms with van der Waals surface area (Å²) in [6, 6.07) is 6.32. The highest BCUT2D eigenvalue weighted by molar-refractivity contribution is 5.78. The first-order valence-electron chi connectivity index (χ1n) is 6.80. The van der Waals surface area contributed by atoms with Crippen molar-refractivity contribution in [1.29, 1.82) is 0 Å². The monoisotopic (exact) mass is 290 g/mol. The number of esters is 1. The molecule has 0 saturated carbocycles. The minimum Gasteiger partial charge on any atom is -0.469 e. The zero-order chi connectivity index (χ0) is 15.6. The summed E-state index contributed by atoms with van der Waals surface area (Å²) in [7, 11) is 1.38. The second-order valence-electron chi connectivity index (χ2n) is 5.11. The Kier molecular flexibility index (Phi) is 4.40. The first-order valence-corrected chi connectivity index (χ1v) is 6.80. The molecule has 0 bridgehead atoms. The van der Waals surface area contributed by atoms with Crippen molar-refractivity contribution in [3.05, 3.63) is 52.6 Å². The van der Waals surface area contributed by atoms with Crippen LogP contribution in [0, 0.1) is 19.7 Å². The lowest BCUT2D eigenvalue weighted by molar-refractivity contribution is -0.142. The smallest absolute Gasteiger partial charge is 0.312 e. The molecule has 0 aliphatic carbocycles. The Morgan fingerprint density at radius 3 is 2.52 bits per heavy atom. The van der Waals surface area contributed by atoms with Crippen LogP contribution in [-0.2, 0) is 16.1 Å². The molecule has 2 rings (SSSR count). The van der Waals surface area contributed by atoms with E-state index in [9.17, 15) is 9.18 Å². The maximum Gasteiger partial charge on any atom is 0.312 e. The van der Waals surface area contributed by atoms with Crippen molar-refractivity contribution in [2.75, 3.05) is 7.11 Å². The van der Waals surface area contributed by atoms with E-state index in [4.69, 9.17) is 4.74 Å². The first-order chi connectivity index (χ1) is 9.93. The van der Waals surface area contributed by atoms with E-state index in [1.807, 2.05) is 25.5 Å². The number of hydrogen-bond acceptors (Lipinski definition) is 3. The van der Waals surface area contributed by atoms with Gasteiger partial charge >= 0.3 is 5.97 Å². The predicted octanol–water partition coefficient (Wildman–Crippen LogP) is 2.96. The Morgan fingerprint density at radius 2 is 1.95 bits per heavy atom. The lowest BCUT2D eigenvalue weighted by Gasteiger charge is -2.10. The van der Waals surface area contributed by atoms with E-state index in [0.29, 0.717) is 6.54 Å². The van der Waals surface area contributed by atoms with Gasteiger partial charge in [0.15, 0.2) is 0 Å². The number of nitrogens with zero attached hydrogens (tertiary/aromatic N) is 2. The Bertz CT molecular complexity index is 647. The molecule has 1 aromatic heterocycles. The lowest BCUT2D eigenvalue weighted by atomic mass is 9.99. The quantitative estimate of drug-likeness (QED) is 0.813. The molecule has 0 fully saturated rings. The number of hydrogen-bond donors (Lipinski definition) is 0. The third-order valence-electron chi connectivity index (χ3n) is 3.67. The largest absolute Gasteiger partial charge is 0.469 e. The molecule has 0 N–H and O–H groups in total. The topological polar surface area (TPSA) is 44.1 Å². The van der Waals surface area contributed by atoms with Gasteiger partial charge < -0.3 is 4.74 Å². The van der Waals surface area contributed by atoms with Gasteiger partial charge in [-0.25, -0.2) is 4.39 Å². The van der Waals surface area contributed by atoms with Gasteiger partial charge in [0.25, 0.3) is 0 Å². The van der Waals surface area contributed by atoms with Crippen molar-refractivity contribution in [3.63, 3.8) is 0 Å². The molecular formula is C16H19FN2O2. The first kappa shape index (κ1) is 15.2. The average molecular weight is 290 g/mol. The summed E-state index contributed by atoms with van der Waals surface area (Å²) in [6.45, 7) is 6.16. The normalized spacial score (nSPS) is 12.2. The summed E-state index contributed by atoms with van der Waals surface area (Å²) in [5.74, 6) is -0.883. The summed E-state index contributed by atoms with van der Waals surface area (Å²) >= 11 is 0. The average Bonchev–Trinajstić information content (AvgIpc) is 2.74. The summed E-state index contributed by atoms with van der Waals surface area (Å²) in [5.41, 5.74) is 3.59. The van der Waals surface area contributed by atoms with Crippen molar-refractivity contribution in [3.8, 4) is 0 Å². The van der Waals surface area contributed by atoms with E-state index in [2.05, 4.69) is 5.10 Å². The molecule has 1 heterocycles. The SMILES string of the molecule is COC(=O)C(C)c1c(C)nn(Cc2ccc(F)cc2)c1C. The number of halogens is 1. The van der Waals surface area contributed by atoms with Gasteiger partial charge in [-0.1, -0.05) is 12.1 Å². The number of carbonyl (C=O) groups excluding carboxylic acids is 1. The standard InChI is InChI=1S/C16H19FN2O2/c1-10(16(20)21-4)15-11(2)18-19(12(15)3)9-13-5-7-14(17)8-6-13/h5-8,10H,9H2,1-4H3. The van der Waals surface area contributed by atoms with Gasteiger partial charge in [-0.15, -0.1) is 0 Å². The molecule has 0 saturated heterocycles. The van der Waals surface area contributed by atoms with E-state index >= 15 is 0 Å². The fraction of sp³-hybridized carbons (Fsp3) is 0.375. The van der Waals surface area contributed by atoms with Crippen LogP contribution in [0.15, 0.2) is 24.3 Å². The summed E-state index contributed by atoms with van der Waals surface area (Å²) < 4.78 is 19.6. The Balaban J connectivity index is 2.30. The molecular weight excluding hydrogens is 271 g/mol. The molecule has 21 heavy (non-hydrogen) atoms. The molecule has 0 spiro atoms. The van der Waals surface area contributed by atoms with Gasteiger partial charge in [0.1, 0.15) is 5.82 Å². The highest BCUT2D eigenvalue weighted by Gasteiger charge is 2.23. The number of aromatic nitrogens is 2. The van der Waals surface area contributed by atoms with Crippen molar-refractivity contribution in [2.24, 2.45) is 0 Å². The van der Waals surface area contributed by atoms with Crippen LogP contribution in [0.1, 0.15) is 35.4 Å². The second-order valence-corrected chi connectivity index (χ2v) is 5.11. The molecule has 5 heteroatoms. The van der Waals surface area contributed by atoms with Crippen molar-refractivity contribution >= 4 is 5.97 Å². The van der Waals surface area contributed by atoms with Crippen LogP contribution in [0.3, 0.4) is 0 Å². The van der Waals surface area contributed by atoms with Gasteiger partial charge in [0.05, 0.1) is 25.3 Å². The molecule has 1 aromatic carbocycles. The van der Waals surface area contributed by atoms with Crippen molar-refractivity contribution in [2.45, 2.75) is 33.2 Å². The molecule has 0 aliphatic rings. The Labute approximate surface area is 123 Å². The molecule has 4 nitrogen and oxygen atoms in total. The van der Waals surface area contributed by atoms with Gasteiger partial charge in [-0.05, 0) is 38.5 Å². The van der Waals surface area contributed by atoms with Crippen molar-refractivity contribution < 1.29 is 13.9 Å². The maximum absolute atomic E-state index is 12.9. The van der Waals surface area contributed by atoms with Gasteiger partial charge in [-0.3, -0.25) is 9.48 Å². The zero-order valence-corrected chi connectivity index (χ0v) is 12.7. The highest BCUT2D eigenvalue weighted by Crippen LogP contribution is 2.24. The van der Waals surface area contributed by atoms with Crippen LogP contribution in [0.5, 0.6) is 0 Å². The molecule has 0 aliphatic heterocycles. The molecule has 112 valence electrons. The molecule has 2 aromatic rings. The number of benzene rings is 1. The van der Waals surface area contributed by atoms with Crippen LogP contribution in [0.2, 0.25) is 0 Å². The molecule has 0 radical (unpaired) electrons. The van der Waals surface area contributed by atoms with E-state index < -0.39 is 0 Å². The minimum absolute atomic E-state index is 0.257. The van der Waals surface area contributed by atoms with E-state index in [1.54, 1.807) is 12.1 Å². The fourth-order valence-electron chi connectivity index (χ4n) is 2.55. The highest BCUT2D eigenvalue weighted by atomic mass is 19.1. The van der Waals surface area contributed by atoms with Gasteiger partial charge in [0.2, 0.25) is 0 Å². The number of carbonyl (C=O) groups is 1. The van der Waals surface area contributed by atoms with E-state index in [-0.39, 0.29) is 17.7 Å². The number of rotatable bonds is 4. The number of aryl methyl sites for hydroxylation is 1. The van der Waals surface area contributed by atoms with Crippen LogP contribution < -0.4 is 0 Å². The summed E-state index contributed by atoms with van der Waals surface area (Å²) in [4.78, 5) is 11.7. The van der Waals surface area contributed by atoms with Crippen molar-refractivity contribution in [1.82, 2.24) is 9.78 Å².